The van der Waals surface area contributed by atoms with Gasteiger partial charge in [0.2, 0.25) is 0 Å². The van der Waals surface area contributed by atoms with Gasteiger partial charge in [0.1, 0.15) is 5.69 Å². The highest BCUT2D eigenvalue weighted by Crippen LogP contribution is 2.21. The van der Waals surface area contributed by atoms with Gasteiger partial charge in [0.05, 0.1) is 24.3 Å². The first-order chi connectivity index (χ1) is 10.6. The van der Waals surface area contributed by atoms with E-state index in [1.807, 2.05) is 11.9 Å². The van der Waals surface area contributed by atoms with Crippen LogP contribution in [-0.2, 0) is 16.5 Å². The number of carbonyl (C=O) groups excluding carboxylic acids is 1. The molecule has 2 aliphatic rings. The molecule has 0 bridgehead atoms. The second kappa shape index (κ2) is 7.02. The van der Waals surface area contributed by atoms with Gasteiger partial charge in [-0.3, -0.25) is 4.79 Å². The lowest BCUT2D eigenvalue weighted by atomic mass is 10.1. The van der Waals surface area contributed by atoms with E-state index in [1.54, 1.807) is 16.8 Å². The van der Waals surface area contributed by atoms with Crippen molar-refractivity contribution in [2.45, 2.75) is 25.4 Å². The average molecular weight is 327 g/mol. The molecule has 2 saturated heterocycles. The molecule has 3 heterocycles. The van der Waals surface area contributed by atoms with E-state index in [1.165, 1.54) is 0 Å². The number of carbonyl (C=O) groups is 1. The summed E-state index contributed by atoms with van der Waals surface area (Å²) in [6.07, 6.45) is 4.93. The molecule has 1 amide bonds. The Morgan fingerprint density at radius 2 is 2.18 bits per heavy atom. The van der Waals surface area contributed by atoms with Crippen LogP contribution < -0.4 is 0 Å². The monoisotopic (exact) mass is 326 g/mol. The molecule has 1 aromatic heterocycles. The maximum atomic E-state index is 12.5. The predicted octanol–water partition coefficient (Wildman–Crippen LogP) is 2.34. The number of piperidine rings is 1. The Morgan fingerprint density at radius 1 is 1.41 bits per heavy atom. The molecule has 6 heteroatoms. The summed E-state index contributed by atoms with van der Waals surface area (Å²) < 4.78 is 13.1. The first-order valence-electron chi connectivity index (χ1n) is 7.94. The van der Waals surface area contributed by atoms with Gasteiger partial charge in [-0.25, -0.2) is 0 Å². The molecule has 5 nitrogen and oxygen atoms in total. The van der Waals surface area contributed by atoms with E-state index in [2.05, 4.69) is 0 Å². The van der Waals surface area contributed by atoms with Crippen molar-refractivity contribution in [1.29, 1.82) is 0 Å². The van der Waals surface area contributed by atoms with Crippen molar-refractivity contribution >= 4 is 17.5 Å². The standard InChI is InChI=1S/C16H23ClN2O3/c1-18-9-13(17)8-15(18)16(20)19-5-2-14(3-6-19)22-11-12-4-7-21-10-12/h8-9,12,14H,2-7,10-11H2,1H3. The topological polar surface area (TPSA) is 43.7 Å². The number of amides is 1. The van der Waals surface area contributed by atoms with Gasteiger partial charge in [-0.2, -0.15) is 0 Å². The van der Waals surface area contributed by atoms with Crippen molar-refractivity contribution in [3.05, 3.63) is 23.0 Å². The molecule has 22 heavy (non-hydrogen) atoms. The number of rotatable bonds is 4. The Labute approximate surface area is 136 Å². The van der Waals surface area contributed by atoms with E-state index in [0.29, 0.717) is 16.6 Å². The van der Waals surface area contributed by atoms with Crippen LogP contribution in [0.3, 0.4) is 0 Å². The average Bonchev–Trinajstić information content (AvgIpc) is 3.14. The van der Waals surface area contributed by atoms with E-state index in [9.17, 15) is 4.79 Å². The molecule has 1 atom stereocenters. The summed E-state index contributed by atoms with van der Waals surface area (Å²) in [4.78, 5) is 14.4. The SMILES string of the molecule is Cn1cc(Cl)cc1C(=O)N1CCC(OCC2CCOC2)CC1. The Balaban J connectivity index is 1.46. The lowest BCUT2D eigenvalue weighted by molar-refractivity contribution is -0.00809. The zero-order valence-corrected chi connectivity index (χ0v) is 13.7. The molecule has 0 N–H and O–H groups in total. The van der Waals surface area contributed by atoms with Gasteiger partial charge >= 0.3 is 0 Å². The van der Waals surface area contributed by atoms with Crippen LogP contribution in [0.25, 0.3) is 0 Å². The summed E-state index contributed by atoms with van der Waals surface area (Å²) in [5, 5.41) is 0.600. The highest BCUT2D eigenvalue weighted by molar-refractivity contribution is 6.31. The molecule has 1 aromatic rings. The van der Waals surface area contributed by atoms with E-state index in [-0.39, 0.29) is 12.0 Å². The van der Waals surface area contributed by atoms with Gasteiger partial charge < -0.3 is 18.9 Å². The number of likely N-dealkylation sites (tertiary alicyclic amines) is 1. The fourth-order valence-corrected chi connectivity index (χ4v) is 3.36. The van der Waals surface area contributed by atoms with Crippen LogP contribution in [0, 0.1) is 5.92 Å². The van der Waals surface area contributed by atoms with Crippen LogP contribution in [-0.4, -0.2) is 54.4 Å². The Bertz CT molecular complexity index is 517. The van der Waals surface area contributed by atoms with Crippen LogP contribution in [0.2, 0.25) is 5.02 Å². The second-order valence-corrected chi connectivity index (χ2v) is 6.65. The van der Waals surface area contributed by atoms with Crippen LogP contribution >= 0.6 is 11.6 Å². The number of hydrogen-bond acceptors (Lipinski definition) is 3. The second-order valence-electron chi connectivity index (χ2n) is 6.21. The van der Waals surface area contributed by atoms with Gasteiger partial charge in [-0.1, -0.05) is 11.6 Å². The minimum atomic E-state index is 0.0528. The van der Waals surface area contributed by atoms with Gasteiger partial charge in [0, 0.05) is 38.9 Å². The molecule has 3 rings (SSSR count). The third-order valence-electron chi connectivity index (χ3n) is 4.51. The summed E-state index contributed by atoms with van der Waals surface area (Å²) in [5.41, 5.74) is 0.646. The minimum absolute atomic E-state index is 0.0528. The Morgan fingerprint density at radius 3 is 2.77 bits per heavy atom. The maximum Gasteiger partial charge on any atom is 0.270 e. The lowest BCUT2D eigenvalue weighted by Gasteiger charge is -2.32. The minimum Gasteiger partial charge on any atom is -0.381 e. The summed E-state index contributed by atoms with van der Waals surface area (Å²) in [5.74, 6) is 0.599. The molecule has 0 aliphatic carbocycles. The molecular formula is C16H23ClN2O3. The van der Waals surface area contributed by atoms with Crippen molar-refractivity contribution in [2.75, 3.05) is 32.9 Å². The Kier molecular flexibility index (Phi) is 5.06. The summed E-state index contributed by atoms with van der Waals surface area (Å²) in [6.45, 7) is 3.96. The molecule has 122 valence electrons. The number of hydrogen-bond donors (Lipinski definition) is 0. The largest absolute Gasteiger partial charge is 0.381 e. The number of aromatic nitrogens is 1. The van der Waals surface area contributed by atoms with Crippen LogP contribution in [0.5, 0.6) is 0 Å². The number of ether oxygens (including phenoxy) is 2. The highest BCUT2D eigenvalue weighted by atomic mass is 35.5. The summed E-state index contributed by atoms with van der Waals surface area (Å²) >= 11 is 5.95. The smallest absolute Gasteiger partial charge is 0.270 e. The zero-order chi connectivity index (χ0) is 15.5. The first-order valence-corrected chi connectivity index (χ1v) is 8.32. The third kappa shape index (κ3) is 3.65. The van der Waals surface area contributed by atoms with Crippen molar-refractivity contribution in [3.63, 3.8) is 0 Å². The highest BCUT2D eigenvalue weighted by Gasteiger charge is 2.26. The molecule has 2 fully saturated rings. The number of nitrogens with zero attached hydrogens (tertiary/aromatic N) is 2. The van der Waals surface area contributed by atoms with E-state index >= 15 is 0 Å². The van der Waals surface area contributed by atoms with Crippen molar-refractivity contribution in [1.82, 2.24) is 9.47 Å². The molecule has 0 spiro atoms. The van der Waals surface area contributed by atoms with Crippen LogP contribution in [0.15, 0.2) is 12.3 Å². The van der Waals surface area contributed by atoms with Crippen molar-refractivity contribution in [3.8, 4) is 0 Å². The van der Waals surface area contributed by atoms with Gasteiger partial charge in [-0.15, -0.1) is 0 Å². The first kappa shape index (κ1) is 15.8. The van der Waals surface area contributed by atoms with Crippen LogP contribution in [0.1, 0.15) is 29.8 Å². The third-order valence-corrected chi connectivity index (χ3v) is 4.72. The van der Waals surface area contributed by atoms with E-state index in [0.717, 1.165) is 52.2 Å². The molecule has 0 saturated carbocycles. The summed E-state index contributed by atoms with van der Waals surface area (Å²) in [7, 11) is 1.85. The lowest BCUT2D eigenvalue weighted by Crippen LogP contribution is -2.41. The molecule has 2 aliphatic heterocycles. The fraction of sp³-hybridized carbons (Fsp3) is 0.688. The number of aryl methyl sites for hydroxylation is 1. The van der Waals surface area contributed by atoms with E-state index in [4.69, 9.17) is 21.1 Å². The number of halogens is 1. The molecule has 0 aromatic carbocycles. The fourth-order valence-electron chi connectivity index (χ4n) is 3.11. The maximum absolute atomic E-state index is 12.5. The van der Waals surface area contributed by atoms with Gasteiger partial charge in [-0.05, 0) is 25.3 Å². The van der Waals surface area contributed by atoms with Gasteiger partial charge in [0.15, 0.2) is 0 Å². The zero-order valence-electron chi connectivity index (χ0n) is 13.0. The summed E-state index contributed by atoms with van der Waals surface area (Å²) in [6, 6.07) is 1.73. The molecular weight excluding hydrogens is 304 g/mol. The van der Waals surface area contributed by atoms with Gasteiger partial charge in [0.25, 0.3) is 5.91 Å². The molecule has 0 radical (unpaired) electrons. The predicted molar refractivity (Wildman–Crippen MR) is 84.2 cm³/mol. The van der Waals surface area contributed by atoms with Crippen LogP contribution in [0.4, 0.5) is 0 Å². The van der Waals surface area contributed by atoms with Crippen molar-refractivity contribution < 1.29 is 14.3 Å². The Hall–Kier alpha value is -1.04. The quantitative estimate of drug-likeness (QED) is 0.853. The van der Waals surface area contributed by atoms with Crippen molar-refractivity contribution in [2.24, 2.45) is 13.0 Å². The van der Waals surface area contributed by atoms with E-state index < -0.39 is 0 Å². The normalized spacial score (nSPS) is 23.2. The molecule has 1 unspecified atom stereocenters.